The Morgan fingerprint density at radius 1 is 0.976 bits per heavy atom. The lowest BCUT2D eigenvalue weighted by molar-refractivity contribution is -0.141. The number of benzene rings is 2. The van der Waals surface area contributed by atoms with Crippen molar-refractivity contribution in [3.05, 3.63) is 74.9 Å². The molecule has 0 aliphatic carbocycles. The molecule has 1 aliphatic heterocycles. The minimum atomic E-state index is -4.32. The average Bonchev–Trinajstić information content (AvgIpc) is 3.27. The molecule has 41 heavy (non-hydrogen) atoms. The Morgan fingerprint density at radius 3 is 2.17 bits per heavy atom. The van der Waals surface area contributed by atoms with Crippen LogP contribution in [0.3, 0.4) is 0 Å². The minimum Gasteiger partial charge on any atom is -0.396 e. The summed E-state index contributed by atoms with van der Waals surface area (Å²) in [6.45, 7) is 0.0562. The van der Waals surface area contributed by atoms with Gasteiger partial charge in [0.1, 0.15) is 0 Å². The van der Waals surface area contributed by atoms with E-state index in [1.165, 1.54) is 0 Å². The van der Waals surface area contributed by atoms with Gasteiger partial charge < -0.3 is 20.3 Å². The topological polar surface area (TPSA) is 88.6 Å². The summed E-state index contributed by atoms with van der Waals surface area (Å²) in [7, 11) is 0. The number of likely N-dealkylation sites (tertiary alicyclic amines) is 1. The fourth-order valence-corrected chi connectivity index (χ4v) is 6.05. The zero-order valence-corrected chi connectivity index (χ0v) is 24.3. The van der Waals surface area contributed by atoms with E-state index in [-0.39, 0.29) is 57.7 Å². The summed E-state index contributed by atoms with van der Waals surface area (Å²) >= 11 is 18.8. The second kappa shape index (κ2) is 12.7. The summed E-state index contributed by atoms with van der Waals surface area (Å²) in [6, 6.07) is 13.7. The van der Waals surface area contributed by atoms with Gasteiger partial charge in [-0.3, -0.25) is 9.59 Å². The molecule has 0 unspecified atom stereocenters. The molecule has 0 radical (unpaired) electrons. The van der Waals surface area contributed by atoms with Crippen LogP contribution in [-0.2, 0) is 11.2 Å². The van der Waals surface area contributed by atoms with Crippen LogP contribution in [0.5, 0.6) is 0 Å². The zero-order chi connectivity index (χ0) is 29.9. The Kier molecular flexibility index (Phi) is 9.63. The molecule has 1 saturated heterocycles. The van der Waals surface area contributed by atoms with Gasteiger partial charge in [0.15, 0.2) is 0 Å². The van der Waals surface area contributed by atoms with E-state index in [1.54, 1.807) is 53.4 Å². The lowest BCUT2D eigenvalue weighted by Crippen LogP contribution is -2.49. The summed E-state index contributed by atoms with van der Waals surface area (Å²) in [4.78, 5) is 27.8. The molecular formula is C29H29Cl3F3N3O3. The molecule has 2 heterocycles. The van der Waals surface area contributed by atoms with E-state index < -0.39 is 23.9 Å². The molecule has 3 N–H and O–H groups in total. The van der Waals surface area contributed by atoms with Crippen molar-refractivity contribution < 1.29 is 27.9 Å². The lowest BCUT2D eigenvalue weighted by Gasteiger charge is -2.40. The fourth-order valence-electron chi connectivity index (χ4n) is 5.42. The molecule has 3 aromatic rings. The fraction of sp³-hybridized carbons (Fsp3) is 0.379. The zero-order valence-electron chi connectivity index (χ0n) is 22.0. The summed E-state index contributed by atoms with van der Waals surface area (Å²) in [5.74, 6) is -0.984. The molecule has 2 aromatic carbocycles. The molecule has 0 spiro atoms. The number of alkyl halides is 3. The van der Waals surface area contributed by atoms with Crippen LogP contribution in [0.1, 0.15) is 48.2 Å². The van der Waals surface area contributed by atoms with Crippen LogP contribution >= 0.6 is 34.8 Å². The molecule has 0 atom stereocenters. The molecule has 0 saturated carbocycles. The molecule has 1 fully saturated rings. The van der Waals surface area contributed by atoms with Gasteiger partial charge in [0.05, 0.1) is 21.7 Å². The maximum atomic E-state index is 13.9. The highest BCUT2D eigenvalue weighted by Crippen LogP contribution is 2.40. The number of hydrogen-bond donors (Lipinski definition) is 2. The molecule has 1 aliphatic rings. The molecule has 4 rings (SSSR count). The van der Waals surface area contributed by atoms with E-state index in [9.17, 15) is 27.9 Å². The summed E-state index contributed by atoms with van der Waals surface area (Å²) in [5.41, 5.74) is 7.31. The second-order valence-electron chi connectivity index (χ2n) is 10.2. The number of carbonyl (C=O) groups is 2. The number of aromatic nitrogens is 1. The number of carbonyl (C=O) groups excluding carboxylic acids is 2. The maximum Gasteiger partial charge on any atom is 0.389 e. The number of piperidine rings is 1. The van der Waals surface area contributed by atoms with Crippen molar-refractivity contribution >= 4 is 46.6 Å². The first-order valence-electron chi connectivity index (χ1n) is 13.1. The van der Waals surface area contributed by atoms with Crippen LogP contribution in [0, 0.1) is 5.41 Å². The molecule has 1 aromatic heterocycles. The van der Waals surface area contributed by atoms with Gasteiger partial charge in [-0.05, 0) is 74.2 Å². The van der Waals surface area contributed by atoms with E-state index in [2.05, 4.69) is 0 Å². The molecule has 2 amide bonds. The number of hydrogen-bond acceptors (Lipinski definition) is 3. The molecule has 12 heteroatoms. The largest absolute Gasteiger partial charge is 0.396 e. The van der Waals surface area contributed by atoms with E-state index >= 15 is 0 Å². The Bertz CT molecular complexity index is 1420. The maximum absolute atomic E-state index is 13.9. The summed E-state index contributed by atoms with van der Waals surface area (Å²) < 4.78 is 40.0. The normalized spacial score (nSPS) is 15.2. The predicted molar refractivity (Wildman–Crippen MR) is 154 cm³/mol. The van der Waals surface area contributed by atoms with Gasteiger partial charge in [-0.15, -0.1) is 0 Å². The third-order valence-electron chi connectivity index (χ3n) is 7.62. The number of halogens is 6. The minimum absolute atomic E-state index is 0.00575. The number of aliphatic hydroxyl groups is 1. The number of nitrogens with zero attached hydrogens (tertiary/aromatic N) is 2. The Balaban J connectivity index is 1.70. The standard InChI is InChI=1S/C29H29Cl3F3N3O3/c30-18-2-5-20(6-3-18)38-24(8-15-39)22(17-25(38)21-7-4-19(31)16-23(21)32)26(40)37-13-11-28(12-14-37,27(36)41)9-1-10-29(33,34)35/h2-7,16-17,39H,1,8-15H2,(H2,36,41). The third-order valence-corrected chi connectivity index (χ3v) is 8.42. The van der Waals surface area contributed by atoms with Crippen LogP contribution in [0.25, 0.3) is 16.9 Å². The van der Waals surface area contributed by atoms with Gasteiger partial charge in [-0.1, -0.05) is 34.8 Å². The molecular weight excluding hydrogens is 602 g/mol. The van der Waals surface area contributed by atoms with E-state index in [0.29, 0.717) is 43.3 Å². The summed E-state index contributed by atoms with van der Waals surface area (Å²) in [5, 5.41) is 11.3. The lowest BCUT2D eigenvalue weighted by atomic mass is 9.73. The highest BCUT2D eigenvalue weighted by atomic mass is 35.5. The Hall–Kier alpha value is -2.72. The highest BCUT2D eigenvalue weighted by molar-refractivity contribution is 6.36. The van der Waals surface area contributed by atoms with Gasteiger partial charge >= 0.3 is 6.18 Å². The van der Waals surface area contributed by atoms with Crippen molar-refractivity contribution in [2.24, 2.45) is 11.1 Å². The number of nitrogens with two attached hydrogens (primary N) is 1. The molecule has 6 nitrogen and oxygen atoms in total. The van der Waals surface area contributed by atoms with Gasteiger partial charge in [0.2, 0.25) is 5.91 Å². The molecule has 0 bridgehead atoms. The first-order chi connectivity index (χ1) is 19.3. The quantitative estimate of drug-likeness (QED) is 0.265. The van der Waals surface area contributed by atoms with Crippen molar-refractivity contribution in [1.29, 1.82) is 0 Å². The van der Waals surface area contributed by atoms with Gasteiger partial charge in [-0.2, -0.15) is 13.2 Å². The van der Waals surface area contributed by atoms with Crippen LogP contribution in [0.15, 0.2) is 48.5 Å². The van der Waals surface area contributed by atoms with Crippen molar-refractivity contribution in [1.82, 2.24) is 9.47 Å². The van der Waals surface area contributed by atoms with Crippen molar-refractivity contribution in [3.63, 3.8) is 0 Å². The van der Waals surface area contributed by atoms with Crippen molar-refractivity contribution in [3.8, 4) is 16.9 Å². The summed E-state index contributed by atoms with van der Waals surface area (Å²) in [6.07, 6.45) is -5.05. The van der Waals surface area contributed by atoms with Gasteiger partial charge in [0.25, 0.3) is 5.91 Å². The molecule has 220 valence electrons. The third kappa shape index (κ3) is 7.02. The number of rotatable bonds is 9. The first-order valence-corrected chi connectivity index (χ1v) is 14.2. The van der Waals surface area contributed by atoms with Gasteiger partial charge in [-0.25, -0.2) is 0 Å². The predicted octanol–water partition coefficient (Wildman–Crippen LogP) is 7.08. The van der Waals surface area contributed by atoms with E-state index in [4.69, 9.17) is 40.5 Å². The van der Waals surface area contributed by atoms with Gasteiger partial charge in [0, 0.05) is 59.5 Å². The monoisotopic (exact) mass is 629 g/mol. The van der Waals surface area contributed by atoms with Crippen molar-refractivity contribution in [2.75, 3.05) is 19.7 Å². The van der Waals surface area contributed by atoms with E-state index in [1.807, 2.05) is 4.57 Å². The number of aliphatic hydroxyl groups excluding tert-OH is 1. The van der Waals surface area contributed by atoms with Crippen LogP contribution < -0.4 is 5.73 Å². The average molecular weight is 631 g/mol. The van der Waals surface area contributed by atoms with Crippen LogP contribution in [0.4, 0.5) is 13.2 Å². The Morgan fingerprint density at radius 2 is 1.61 bits per heavy atom. The van der Waals surface area contributed by atoms with Crippen molar-refractivity contribution in [2.45, 2.75) is 44.7 Å². The number of primary amides is 1. The van der Waals surface area contributed by atoms with Crippen LogP contribution in [0.2, 0.25) is 15.1 Å². The highest BCUT2D eigenvalue weighted by Gasteiger charge is 2.42. The number of amides is 2. The van der Waals surface area contributed by atoms with Crippen LogP contribution in [-0.4, -0.2) is 52.3 Å². The smallest absolute Gasteiger partial charge is 0.389 e. The van der Waals surface area contributed by atoms with E-state index in [0.717, 1.165) is 0 Å². The SMILES string of the molecule is NC(=O)C1(CCCC(F)(F)F)CCN(C(=O)c2cc(-c3ccc(Cl)cc3Cl)n(-c3ccc(Cl)cc3)c2CCO)CC1. The Labute approximate surface area is 250 Å². The second-order valence-corrected chi connectivity index (χ2v) is 11.5. The first kappa shape index (κ1) is 31.2.